The van der Waals surface area contributed by atoms with Crippen LogP contribution in [-0.2, 0) is 0 Å². The minimum absolute atomic E-state index is 0.492. The quantitative estimate of drug-likeness (QED) is 0.527. The Hall–Kier alpha value is 0.490. The molecular weight excluding hydrogens is 239 g/mol. The summed E-state index contributed by atoms with van der Waals surface area (Å²) in [6.45, 7) is 0. The van der Waals surface area contributed by atoms with Gasteiger partial charge in [0.2, 0.25) is 0 Å². The van der Waals surface area contributed by atoms with Crippen LogP contribution in [0, 0.1) is 0 Å². The van der Waals surface area contributed by atoms with Crippen molar-refractivity contribution in [3.05, 3.63) is 0 Å². The van der Waals surface area contributed by atoms with Gasteiger partial charge >= 0.3 is 10.8 Å². The van der Waals surface area contributed by atoms with Crippen LogP contribution in [0.2, 0.25) is 0 Å². The van der Waals surface area contributed by atoms with Crippen LogP contribution in [0.4, 0.5) is 17.6 Å². The minimum atomic E-state index is -4.16. The van der Waals surface area contributed by atoms with E-state index in [2.05, 4.69) is 0 Å². The van der Waals surface area contributed by atoms with Crippen LogP contribution in [0.3, 0.4) is 0 Å². The lowest BCUT2D eigenvalue weighted by atomic mass is 10.3. The number of hydrogen-bond acceptors (Lipinski definition) is 0. The maximum Gasteiger partial charge on any atom is 0.363 e. The van der Waals surface area contributed by atoms with E-state index in [-0.39, 0.29) is 0 Å². The van der Waals surface area contributed by atoms with Crippen LogP contribution >= 0.6 is 27.5 Å². The van der Waals surface area contributed by atoms with E-state index in [9.17, 15) is 17.6 Å². The van der Waals surface area contributed by atoms with Crippen LogP contribution in [0.25, 0.3) is 0 Å². The first-order valence-corrected chi connectivity index (χ1v) is 3.64. The first-order valence-electron chi connectivity index (χ1n) is 2.32. The van der Waals surface area contributed by atoms with Crippen LogP contribution in [-0.4, -0.2) is 16.6 Å². The molecule has 0 nitrogen and oxygen atoms in total. The highest BCUT2D eigenvalue weighted by molar-refractivity contribution is 9.10. The van der Waals surface area contributed by atoms with Gasteiger partial charge in [0.1, 0.15) is 0 Å². The average molecular weight is 243 g/mol. The van der Waals surface area contributed by atoms with Gasteiger partial charge in [-0.1, -0.05) is 0 Å². The van der Waals surface area contributed by atoms with Gasteiger partial charge in [0.15, 0.2) is 0 Å². The van der Waals surface area contributed by atoms with E-state index in [4.69, 9.17) is 11.6 Å². The van der Waals surface area contributed by atoms with Crippen LogP contribution in [0.15, 0.2) is 0 Å². The molecule has 0 amide bonds. The Bertz CT molecular complexity index is 110. The molecule has 0 fully saturated rings. The second-order valence-corrected chi connectivity index (χ2v) is 3.02. The molecule has 0 aromatic carbocycles. The topological polar surface area (TPSA) is 0 Å². The second-order valence-electron chi connectivity index (χ2n) is 1.64. The zero-order chi connectivity index (χ0) is 8.41. The summed E-state index contributed by atoms with van der Waals surface area (Å²) < 4.78 is 47.7. The Morgan fingerprint density at radius 2 is 1.60 bits per heavy atom. The summed E-state index contributed by atoms with van der Waals surface area (Å²) in [7, 11) is 0. The molecule has 0 rings (SSSR count). The molecule has 0 aliphatic heterocycles. The van der Waals surface area contributed by atoms with Gasteiger partial charge < -0.3 is 0 Å². The molecule has 0 bridgehead atoms. The smallest absolute Gasteiger partial charge is 0.199 e. The first-order chi connectivity index (χ1) is 4.31. The Morgan fingerprint density at radius 3 is 1.70 bits per heavy atom. The minimum Gasteiger partial charge on any atom is -0.199 e. The lowest BCUT2D eigenvalue weighted by molar-refractivity contribution is -0.147. The second kappa shape index (κ2) is 3.26. The Labute approximate surface area is 68.7 Å². The molecule has 0 saturated heterocycles. The monoisotopic (exact) mass is 242 g/mol. The van der Waals surface area contributed by atoms with Gasteiger partial charge in [-0.15, -0.1) is 11.6 Å². The van der Waals surface area contributed by atoms with Gasteiger partial charge in [0.05, 0.1) is 0 Å². The predicted octanol–water partition coefficient (Wildman–Crippen LogP) is 3.24. The van der Waals surface area contributed by atoms with Gasteiger partial charge in [0.25, 0.3) is 0 Å². The molecule has 0 atom stereocenters. The number of rotatable bonds is 3. The average Bonchev–Trinajstić information content (AvgIpc) is 1.61. The molecule has 0 heterocycles. The lowest BCUT2D eigenvalue weighted by Gasteiger charge is -2.19. The molecule has 0 radical (unpaired) electrons. The maximum atomic E-state index is 12.0. The van der Waals surface area contributed by atoms with Crippen LogP contribution in [0.1, 0.15) is 6.42 Å². The van der Waals surface area contributed by atoms with Crippen molar-refractivity contribution in [2.45, 2.75) is 17.2 Å². The molecule has 0 aromatic heterocycles. The van der Waals surface area contributed by atoms with Crippen molar-refractivity contribution in [1.82, 2.24) is 0 Å². The number of hydrogen-bond donors (Lipinski definition) is 0. The molecule has 0 aliphatic rings. The van der Waals surface area contributed by atoms with Crippen LogP contribution in [0.5, 0.6) is 0 Å². The zero-order valence-corrected chi connectivity index (χ0v) is 7.02. The third-order valence-electron chi connectivity index (χ3n) is 0.823. The molecule has 0 N–H and O–H groups in total. The zero-order valence-electron chi connectivity index (χ0n) is 4.68. The normalized spacial score (nSPS) is 13.8. The van der Waals surface area contributed by atoms with Gasteiger partial charge in [-0.05, 0) is 15.9 Å². The fourth-order valence-corrected chi connectivity index (χ4v) is 0.696. The van der Waals surface area contributed by atoms with Gasteiger partial charge in [0, 0.05) is 12.3 Å². The largest absolute Gasteiger partial charge is 0.363 e. The highest BCUT2D eigenvalue weighted by Gasteiger charge is 2.53. The molecule has 0 spiro atoms. The van der Waals surface area contributed by atoms with Crippen molar-refractivity contribution in [3.8, 4) is 0 Å². The van der Waals surface area contributed by atoms with Gasteiger partial charge in [-0.25, -0.2) is 0 Å². The molecule has 0 unspecified atom stereocenters. The molecule has 10 heavy (non-hydrogen) atoms. The predicted molar refractivity (Wildman–Crippen MR) is 34.2 cm³/mol. The van der Waals surface area contributed by atoms with Gasteiger partial charge in [-0.3, -0.25) is 0 Å². The Balaban J connectivity index is 4.10. The molecule has 0 aliphatic carbocycles. The van der Waals surface area contributed by atoms with E-state index in [1.807, 2.05) is 0 Å². The Morgan fingerprint density at radius 1 is 1.20 bits per heavy atom. The summed E-state index contributed by atoms with van der Waals surface area (Å²) >= 11 is 6.42. The fourth-order valence-electron chi connectivity index (χ4n) is 0.260. The van der Waals surface area contributed by atoms with E-state index in [0.717, 1.165) is 0 Å². The summed E-state index contributed by atoms with van der Waals surface area (Å²) in [5.41, 5.74) is 0. The summed E-state index contributed by atoms with van der Waals surface area (Å²) in [5, 5.41) is 0. The maximum absolute atomic E-state index is 12.0. The van der Waals surface area contributed by atoms with Crippen molar-refractivity contribution < 1.29 is 17.6 Å². The fraction of sp³-hybridized carbons (Fsp3) is 1.00. The summed E-state index contributed by atoms with van der Waals surface area (Å²) in [6.07, 6.45) is -1.03. The van der Waals surface area contributed by atoms with Crippen molar-refractivity contribution in [1.29, 1.82) is 0 Å². The lowest BCUT2D eigenvalue weighted by Crippen LogP contribution is -2.35. The number of halogens is 6. The van der Waals surface area contributed by atoms with Crippen molar-refractivity contribution in [2.75, 3.05) is 5.88 Å². The van der Waals surface area contributed by atoms with Crippen molar-refractivity contribution in [2.24, 2.45) is 0 Å². The van der Waals surface area contributed by atoms with Gasteiger partial charge in [-0.2, -0.15) is 17.6 Å². The molecule has 0 aromatic rings. The molecular formula is C4H4BrClF4. The summed E-state index contributed by atoms with van der Waals surface area (Å²) in [4.78, 5) is -4.16. The van der Waals surface area contributed by atoms with E-state index in [0.29, 0.717) is 0 Å². The van der Waals surface area contributed by atoms with E-state index in [1.165, 1.54) is 0 Å². The molecule has 62 valence electrons. The van der Waals surface area contributed by atoms with Crippen molar-refractivity contribution >= 4 is 27.5 Å². The third kappa shape index (κ3) is 2.62. The number of alkyl halides is 6. The van der Waals surface area contributed by atoms with Crippen LogP contribution < -0.4 is 0 Å². The molecule has 6 heteroatoms. The van der Waals surface area contributed by atoms with E-state index >= 15 is 0 Å². The summed E-state index contributed by atoms with van der Waals surface area (Å²) in [5.74, 6) is -4.55. The standard InChI is InChI=1S/C4H4BrClF4/c5-4(9,10)3(7,8)1-2-6/h1-2H2. The Kier molecular flexibility index (Phi) is 3.42. The highest BCUT2D eigenvalue weighted by atomic mass is 79.9. The van der Waals surface area contributed by atoms with Crippen molar-refractivity contribution in [3.63, 3.8) is 0 Å². The first kappa shape index (κ1) is 10.5. The third-order valence-corrected chi connectivity index (χ3v) is 1.59. The summed E-state index contributed by atoms with van der Waals surface area (Å²) in [6, 6.07) is 0. The highest BCUT2D eigenvalue weighted by Crippen LogP contribution is 2.41. The molecule has 0 saturated carbocycles. The van der Waals surface area contributed by atoms with E-state index in [1.54, 1.807) is 15.9 Å². The SMILES string of the molecule is FC(F)(Br)C(F)(F)CCCl. The van der Waals surface area contributed by atoms with E-state index < -0.39 is 23.1 Å².